The lowest BCUT2D eigenvalue weighted by molar-refractivity contribution is 0.413. The molecule has 0 bridgehead atoms. The molecule has 0 atom stereocenters. The second kappa shape index (κ2) is 4.55. The van der Waals surface area contributed by atoms with E-state index in [0.29, 0.717) is 5.82 Å². The smallest absolute Gasteiger partial charge is 0.133 e. The molecule has 19 heavy (non-hydrogen) atoms. The third-order valence-electron chi connectivity index (χ3n) is 2.86. The number of fused-ring (bicyclic) bond motifs is 1. The molecule has 0 fully saturated rings. The molecule has 5 nitrogen and oxygen atoms in total. The van der Waals surface area contributed by atoms with Gasteiger partial charge >= 0.3 is 0 Å². The molecular formula is C13H11BrN4O. The van der Waals surface area contributed by atoms with E-state index in [2.05, 4.69) is 25.9 Å². The highest BCUT2D eigenvalue weighted by Gasteiger charge is 2.10. The zero-order valence-electron chi connectivity index (χ0n) is 10.2. The lowest BCUT2D eigenvalue weighted by Gasteiger charge is -2.11. The van der Waals surface area contributed by atoms with Gasteiger partial charge in [-0.1, -0.05) is 0 Å². The molecule has 0 saturated carbocycles. The minimum atomic E-state index is 0.466. The molecule has 0 aliphatic carbocycles. The number of hydrogen-bond acceptors (Lipinski definition) is 4. The highest BCUT2D eigenvalue weighted by Crippen LogP contribution is 2.33. The van der Waals surface area contributed by atoms with Crippen molar-refractivity contribution in [2.45, 2.75) is 0 Å². The summed E-state index contributed by atoms with van der Waals surface area (Å²) in [7, 11) is 1.63. The van der Waals surface area contributed by atoms with Crippen molar-refractivity contribution in [1.29, 1.82) is 0 Å². The first kappa shape index (κ1) is 12.0. The third-order valence-corrected chi connectivity index (χ3v) is 3.48. The Hall–Kier alpha value is -2.08. The van der Waals surface area contributed by atoms with Gasteiger partial charge in [0.2, 0.25) is 0 Å². The zero-order valence-corrected chi connectivity index (χ0v) is 11.8. The maximum atomic E-state index is 5.86. The van der Waals surface area contributed by atoms with Crippen LogP contribution in [0.5, 0.6) is 5.75 Å². The summed E-state index contributed by atoms with van der Waals surface area (Å²) in [4.78, 5) is 8.40. The average Bonchev–Trinajstić information content (AvgIpc) is 2.90. The number of benzene rings is 1. The van der Waals surface area contributed by atoms with Crippen LogP contribution in [-0.4, -0.2) is 21.6 Å². The van der Waals surface area contributed by atoms with Gasteiger partial charge in [-0.25, -0.2) is 9.97 Å². The number of hydrogen-bond donors (Lipinski definition) is 1. The van der Waals surface area contributed by atoms with Crippen LogP contribution in [0.25, 0.3) is 16.6 Å². The monoisotopic (exact) mass is 318 g/mol. The van der Waals surface area contributed by atoms with Gasteiger partial charge in [0.1, 0.15) is 11.6 Å². The highest BCUT2D eigenvalue weighted by atomic mass is 79.9. The highest BCUT2D eigenvalue weighted by molar-refractivity contribution is 9.10. The number of nitrogens with zero attached hydrogens (tertiary/aromatic N) is 3. The fraction of sp³-hybridized carbons (Fsp3) is 0.0769. The quantitative estimate of drug-likeness (QED) is 0.789. The molecule has 0 aliphatic rings. The molecule has 2 N–H and O–H groups in total. The van der Waals surface area contributed by atoms with Gasteiger partial charge < -0.3 is 15.0 Å². The van der Waals surface area contributed by atoms with Gasteiger partial charge in [0.15, 0.2) is 0 Å². The summed E-state index contributed by atoms with van der Waals surface area (Å²) in [5.41, 5.74) is 7.58. The predicted octanol–water partition coefficient (Wildman–Crippen LogP) is 2.77. The van der Waals surface area contributed by atoms with E-state index in [1.165, 1.54) is 0 Å². The predicted molar refractivity (Wildman–Crippen MR) is 77.5 cm³/mol. The Morgan fingerprint density at radius 2 is 2.16 bits per heavy atom. The molecule has 96 valence electrons. The normalized spacial score (nSPS) is 10.8. The van der Waals surface area contributed by atoms with Crippen LogP contribution >= 0.6 is 15.9 Å². The van der Waals surface area contributed by atoms with E-state index in [-0.39, 0.29) is 0 Å². The second-order valence-electron chi connectivity index (χ2n) is 4.04. The van der Waals surface area contributed by atoms with E-state index in [1.807, 2.05) is 29.0 Å². The van der Waals surface area contributed by atoms with Crippen molar-refractivity contribution >= 4 is 32.7 Å². The van der Waals surface area contributed by atoms with Crippen LogP contribution in [0, 0.1) is 0 Å². The van der Waals surface area contributed by atoms with Gasteiger partial charge in [0, 0.05) is 23.8 Å². The number of imidazole rings is 1. The minimum absolute atomic E-state index is 0.466. The molecule has 0 saturated heterocycles. The van der Waals surface area contributed by atoms with Crippen molar-refractivity contribution < 1.29 is 4.74 Å². The minimum Gasteiger partial charge on any atom is -0.496 e. The van der Waals surface area contributed by atoms with Crippen molar-refractivity contribution in [2.24, 2.45) is 0 Å². The molecule has 2 aromatic heterocycles. The summed E-state index contributed by atoms with van der Waals surface area (Å²) in [6.45, 7) is 0. The Balaban J connectivity index is 2.37. The number of halogens is 1. The van der Waals surface area contributed by atoms with Crippen LogP contribution in [0.1, 0.15) is 0 Å². The summed E-state index contributed by atoms with van der Waals surface area (Å²) in [5.74, 6) is 1.22. The summed E-state index contributed by atoms with van der Waals surface area (Å²) in [5, 5.41) is 0.951. The van der Waals surface area contributed by atoms with E-state index < -0.39 is 0 Å². The number of anilines is 1. The van der Waals surface area contributed by atoms with Crippen LogP contribution in [0.15, 0.2) is 41.4 Å². The number of nitrogens with two attached hydrogens (primary N) is 1. The largest absolute Gasteiger partial charge is 0.496 e. The molecule has 3 rings (SSSR count). The molecule has 1 aromatic carbocycles. The maximum absolute atomic E-state index is 5.86. The fourth-order valence-electron chi connectivity index (χ4n) is 2.00. The van der Waals surface area contributed by atoms with Gasteiger partial charge in [-0.2, -0.15) is 0 Å². The number of pyridine rings is 1. The third kappa shape index (κ3) is 2.04. The Kier molecular flexibility index (Phi) is 2.87. The fourth-order valence-corrected chi connectivity index (χ4v) is 2.49. The van der Waals surface area contributed by atoms with E-state index in [9.17, 15) is 0 Å². The molecule has 3 aromatic rings. The zero-order chi connectivity index (χ0) is 13.4. The first-order valence-corrected chi connectivity index (χ1v) is 6.40. The van der Waals surface area contributed by atoms with E-state index in [0.717, 1.165) is 26.8 Å². The Morgan fingerprint density at radius 3 is 2.84 bits per heavy atom. The van der Waals surface area contributed by atoms with Crippen LogP contribution in [0.4, 0.5) is 5.82 Å². The van der Waals surface area contributed by atoms with E-state index >= 15 is 0 Å². The lowest BCUT2D eigenvalue weighted by atomic mass is 10.1. The van der Waals surface area contributed by atoms with Crippen LogP contribution in [-0.2, 0) is 0 Å². The van der Waals surface area contributed by atoms with Crippen molar-refractivity contribution in [2.75, 3.05) is 12.8 Å². The second-order valence-corrected chi connectivity index (χ2v) is 4.89. The number of methoxy groups -OCH3 is 1. The van der Waals surface area contributed by atoms with Crippen molar-refractivity contribution in [3.05, 3.63) is 41.4 Å². The lowest BCUT2D eigenvalue weighted by Crippen LogP contribution is -1.98. The number of rotatable bonds is 2. The summed E-state index contributed by atoms with van der Waals surface area (Å²) < 4.78 is 8.07. The Bertz CT molecular complexity index is 740. The summed E-state index contributed by atoms with van der Waals surface area (Å²) >= 11 is 3.45. The molecule has 2 heterocycles. The van der Waals surface area contributed by atoms with Gasteiger partial charge in [-0.05, 0) is 28.1 Å². The molecule has 0 unspecified atom stereocenters. The molecule has 0 amide bonds. The maximum Gasteiger partial charge on any atom is 0.133 e. The van der Waals surface area contributed by atoms with Gasteiger partial charge in [-0.3, -0.25) is 0 Å². The number of ether oxygens (including phenoxy) is 1. The van der Waals surface area contributed by atoms with Crippen LogP contribution in [0.2, 0.25) is 0 Å². The molecular weight excluding hydrogens is 308 g/mol. The van der Waals surface area contributed by atoms with Gasteiger partial charge in [0.05, 0.1) is 29.1 Å². The average molecular weight is 319 g/mol. The van der Waals surface area contributed by atoms with Crippen LogP contribution in [0.3, 0.4) is 0 Å². The Labute approximate surface area is 118 Å². The summed E-state index contributed by atoms with van der Waals surface area (Å²) in [6, 6.07) is 5.64. The molecule has 0 spiro atoms. The van der Waals surface area contributed by atoms with Crippen molar-refractivity contribution in [3.8, 4) is 11.4 Å². The SMILES string of the molecule is COc1cc2c(-n3ccnc3)cc(N)nc2cc1Br. The van der Waals surface area contributed by atoms with Crippen LogP contribution < -0.4 is 10.5 Å². The van der Waals surface area contributed by atoms with Crippen molar-refractivity contribution in [1.82, 2.24) is 14.5 Å². The summed E-state index contributed by atoms with van der Waals surface area (Å²) in [6.07, 6.45) is 5.31. The first-order chi connectivity index (χ1) is 9.19. The topological polar surface area (TPSA) is 66.0 Å². The molecule has 0 aliphatic heterocycles. The van der Waals surface area contributed by atoms with Crippen molar-refractivity contribution in [3.63, 3.8) is 0 Å². The van der Waals surface area contributed by atoms with Gasteiger partial charge in [0.25, 0.3) is 0 Å². The molecule has 6 heteroatoms. The van der Waals surface area contributed by atoms with Gasteiger partial charge in [-0.15, -0.1) is 0 Å². The molecule has 0 radical (unpaired) electrons. The number of aromatic nitrogens is 3. The first-order valence-electron chi connectivity index (χ1n) is 5.61. The van der Waals surface area contributed by atoms with E-state index in [4.69, 9.17) is 10.5 Å². The standard InChI is InChI=1S/C13H11BrN4O/c1-19-12-4-8-10(5-9(12)14)17-13(15)6-11(8)18-3-2-16-7-18/h2-7H,1H3,(H2,15,17). The Morgan fingerprint density at radius 1 is 1.32 bits per heavy atom. The van der Waals surface area contributed by atoms with E-state index in [1.54, 1.807) is 19.6 Å². The number of nitrogen functional groups attached to an aromatic ring is 1.